The van der Waals surface area contributed by atoms with Gasteiger partial charge >= 0.3 is 12.0 Å². The Labute approximate surface area is 155 Å². The number of thioether (sulfide) groups is 1. The van der Waals surface area contributed by atoms with E-state index in [0.29, 0.717) is 22.2 Å². The second-order valence-electron chi connectivity index (χ2n) is 5.54. The van der Waals surface area contributed by atoms with Gasteiger partial charge in [-0.3, -0.25) is 4.57 Å². The van der Waals surface area contributed by atoms with Crippen molar-refractivity contribution in [1.29, 1.82) is 0 Å². The van der Waals surface area contributed by atoms with Crippen LogP contribution >= 0.6 is 11.8 Å². The number of rotatable bonds is 6. The summed E-state index contributed by atoms with van der Waals surface area (Å²) < 4.78 is 6.97. The van der Waals surface area contributed by atoms with Gasteiger partial charge in [0.15, 0.2) is 5.16 Å². The van der Waals surface area contributed by atoms with Crippen LogP contribution in [0.5, 0.6) is 0 Å². The molecule has 3 rings (SSSR count). The summed E-state index contributed by atoms with van der Waals surface area (Å²) in [7, 11) is 0. The van der Waals surface area contributed by atoms with Crippen LogP contribution in [0, 0.1) is 0 Å². The van der Waals surface area contributed by atoms with Crippen molar-refractivity contribution in [2.24, 2.45) is 0 Å². The van der Waals surface area contributed by atoms with E-state index < -0.39 is 12.0 Å². The number of esters is 1. The van der Waals surface area contributed by atoms with E-state index in [1.165, 1.54) is 11.8 Å². The molecule has 26 heavy (non-hydrogen) atoms. The van der Waals surface area contributed by atoms with Crippen molar-refractivity contribution in [1.82, 2.24) is 25.4 Å². The molecule has 0 fully saturated rings. The molecule has 0 radical (unpaired) electrons. The summed E-state index contributed by atoms with van der Waals surface area (Å²) in [6, 6.07) is 8.93. The number of benzene rings is 1. The highest BCUT2D eigenvalue weighted by molar-refractivity contribution is 7.99. The number of para-hydroxylation sites is 1. The molecule has 1 aromatic carbocycles. The van der Waals surface area contributed by atoms with Crippen molar-refractivity contribution in [3.63, 3.8) is 0 Å². The van der Waals surface area contributed by atoms with Gasteiger partial charge in [0.1, 0.15) is 6.33 Å². The summed E-state index contributed by atoms with van der Waals surface area (Å²) in [5.41, 5.74) is 1.87. The summed E-state index contributed by atoms with van der Waals surface area (Å²) in [5, 5.41) is 14.1. The van der Waals surface area contributed by atoms with E-state index in [4.69, 9.17) is 4.74 Å². The van der Waals surface area contributed by atoms with Crippen LogP contribution in [0.1, 0.15) is 13.8 Å². The quantitative estimate of drug-likeness (QED) is 0.593. The van der Waals surface area contributed by atoms with Gasteiger partial charge in [0.2, 0.25) is 0 Å². The minimum absolute atomic E-state index is 0.270. The minimum Gasteiger partial charge on any atom is -0.463 e. The summed E-state index contributed by atoms with van der Waals surface area (Å²) in [5.74, 6) is -0.0788. The molecule has 1 aromatic heterocycles. The molecule has 2 heterocycles. The molecule has 2 amide bonds. The van der Waals surface area contributed by atoms with E-state index in [1.807, 2.05) is 34.9 Å². The molecule has 2 N–H and O–H groups in total. The zero-order valence-corrected chi connectivity index (χ0v) is 15.2. The van der Waals surface area contributed by atoms with Gasteiger partial charge in [-0.1, -0.05) is 30.0 Å². The molecule has 0 saturated carbocycles. The predicted octanol–water partition coefficient (Wildman–Crippen LogP) is 1.88. The number of carbonyl (C=O) groups excluding carboxylic acids is 2. The molecular formula is C17H19N5O3S. The molecule has 0 saturated heterocycles. The lowest BCUT2D eigenvalue weighted by Crippen LogP contribution is -2.49. The third-order valence-corrected chi connectivity index (χ3v) is 4.73. The average molecular weight is 373 g/mol. The Morgan fingerprint density at radius 3 is 2.85 bits per heavy atom. The van der Waals surface area contributed by atoms with Crippen molar-refractivity contribution in [3.05, 3.63) is 47.9 Å². The normalized spacial score (nSPS) is 16.8. The van der Waals surface area contributed by atoms with E-state index in [2.05, 4.69) is 20.8 Å². The van der Waals surface area contributed by atoms with Gasteiger partial charge in [-0.15, -0.1) is 10.2 Å². The molecule has 1 aliphatic heterocycles. The highest BCUT2D eigenvalue weighted by Gasteiger charge is 2.29. The summed E-state index contributed by atoms with van der Waals surface area (Å²) >= 11 is 1.38. The van der Waals surface area contributed by atoms with Gasteiger partial charge < -0.3 is 15.4 Å². The zero-order valence-electron chi connectivity index (χ0n) is 14.4. The first-order chi connectivity index (χ1) is 12.6. The van der Waals surface area contributed by atoms with Gasteiger partial charge in [-0.05, 0) is 26.0 Å². The molecule has 0 bridgehead atoms. The van der Waals surface area contributed by atoms with E-state index in [-0.39, 0.29) is 12.6 Å². The molecule has 2 aromatic rings. The molecule has 1 unspecified atom stereocenters. The number of nitrogens with one attached hydrogen (secondary N) is 2. The summed E-state index contributed by atoms with van der Waals surface area (Å²) in [6.45, 7) is 3.77. The second-order valence-corrected chi connectivity index (χ2v) is 6.48. The van der Waals surface area contributed by atoms with Crippen molar-refractivity contribution in [2.45, 2.75) is 25.0 Å². The number of aromatic nitrogens is 3. The van der Waals surface area contributed by atoms with Gasteiger partial charge in [0, 0.05) is 17.1 Å². The highest BCUT2D eigenvalue weighted by atomic mass is 32.2. The highest BCUT2D eigenvalue weighted by Crippen LogP contribution is 2.24. The van der Waals surface area contributed by atoms with Crippen molar-refractivity contribution < 1.29 is 14.3 Å². The Kier molecular flexibility index (Phi) is 5.57. The fraction of sp³-hybridized carbons (Fsp3) is 0.294. The van der Waals surface area contributed by atoms with Crippen LogP contribution in [0.15, 0.2) is 53.1 Å². The smallest absolute Gasteiger partial charge is 0.337 e. The van der Waals surface area contributed by atoms with Crippen molar-refractivity contribution in [3.8, 4) is 5.69 Å². The van der Waals surface area contributed by atoms with Crippen molar-refractivity contribution >= 4 is 23.8 Å². The largest absolute Gasteiger partial charge is 0.463 e. The average Bonchev–Trinajstić information content (AvgIpc) is 3.09. The molecular weight excluding hydrogens is 354 g/mol. The fourth-order valence-electron chi connectivity index (χ4n) is 2.62. The fourth-order valence-corrected chi connectivity index (χ4v) is 3.52. The second kappa shape index (κ2) is 8.05. The van der Waals surface area contributed by atoms with Crippen LogP contribution < -0.4 is 10.6 Å². The lowest BCUT2D eigenvalue weighted by atomic mass is 10.1. The van der Waals surface area contributed by atoms with Crippen LogP contribution in [-0.2, 0) is 9.53 Å². The SMILES string of the molecule is CCOC(=O)C1=C(CSc2nncn2-c2ccccc2)NC(=O)NC1C. The lowest BCUT2D eigenvalue weighted by Gasteiger charge is -2.26. The molecule has 8 nitrogen and oxygen atoms in total. The first-order valence-electron chi connectivity index (χ1n) is 8.16. The van der Waals surface area contributed by atoms with E-state index in [0.717, 1.165) is 5.69 Å². The number of ether oxygens (including phenoxy) is 1. The molecule has 0 spiro atoms. The molecule has 1 aliphatic rings. The number of amides is 2. The third-order valence-electron chi connectivity index (χ3n) is 3.76. The number of urea groups is 1. The molecule has 9 heteroatoms. The van der Waals surface area contributed by atoms with E-state index >= 15 is 0 Å². The predicted molar refractivity (Wildman–Crippen MR) is 96.9 cm³/mol. The first-order valence-corrected chi connectivity index (χ1v) is 9.14. The number of hydrogen-bond acceptors (Lipinski definition) is 6. The Hall–Kier alpha value is -2.81. The van der Waals surface area contributed by atoms with Crippen LogP contribution in [0.2, 0.25) is 0 Å². The van der Waals surface area contributed by atoms with Crippen molar-refractivity contribution in [2.75, 3.05) is 12.4 Å². The topological polar surface area (TPSA) is 98.1 Å². The van der Waals surface area contributed by atoms with Gasteiger partial charge in [0.25, 0.3) is 0 Å². The molecule has 136 valence electrons. The number of nitrogens with zero attached hydrogens (tertiary/aromatic N) is 3. The van der Waals surface area contributed by atoms with Gasteiger partial charge in [-0.25, -0.2) is 9.59 Å². The zero-order chi connectivity index (χ0) is 18.5. The maximum Gasteiger partial charge on any atom is 0.337 e. The Morgan fingerprint density at radius 2 is 2.12 bits per heavy atom. The van der Waals surface area contributed by atoms with Crippen LogP contribution in [0.4, 0.5) is 4.79 Å². The Morgan fingerprint density at radius 1 is 1.35 bits per heavy atom. The molecule has 0 aliphatic carbocycles. The minimum atomic E-state index is -0.437. The first kappa shape index (κ1) is 18.0. The number of hydrogen-bond donors (Lipinski definition) is 2. The van der Waals surface area contributed by atoms with Crippen LogP contribution in [-0.4, -0.2) is 45.2 Å². The summed E-state index contributed by atoms with van der Waals surface area (Å²) in [6.07, 6.45) is 1.63. The van der Waals surface area contributed by atoms with E-state index in [1.54, 1.807) is 20.2 Å². The molecule has 1 atom stereocenters. The van der Waals surface area contributed by atoms with E-state index in [9.17, 15) is 9.59 Å². The monoisotopic (exact) mass is 373 g/mol. The standard InChI is InChI=1S/C17H19N5O3S/c1-3-25-15(23)14-11(2)19-16(24)20-13(14)9-26-17-21-18-10-22(17)12-7-5-4-6-8-12/h4-8,10-11H,3,9H2,1-2H3,(H2,19,20,24). The van der Waals surface area contributed by atoms with Crippen LogP contribution in [0.3, 0.4) is 0 Å². The van der Waals surface area contributed by atoms with Crippen LogP contribution in [0.25, 0.3) is 5.69 Å². The van der Waals surface area contributed by atoms with Gasteiger partial charge in [0.05, 0.1) is 18.2 Å². The maximum absolute atomic E-state index is 12.3. The Bertz CT molecular complexity index is 834. The number of carbonyl (C=O) groups is 2. The lowest BCUT2D eigenvalue weighted by molar-refractivity contribution is -0.138. The Balaban J connectivity index is 1.83. The third kappa shape index (κ3) is 3.88. The maximum atomic E-state index is 12.3. The van der Waals surface area contributed by atoms with Gasteiger partial charge in [-0.2, -0.15) is 0 Å². The summed E-state index contributed by atoms with van der Waals surface area (Å²) in [4.78, 5) is 24.1.